The van der Waals surface area contributed by atoms with E-state index in [4.69, 9.17) is 9.47 Å². The number of aromatic nitrogens is 2. The molecule has 2 aliphatic rings. The minimum absolute atomic E-state index is 0. The molecule has 1 amide bonds. The monoisotopic (exact) mass is 412 g/mol. The SMILES string of the molecule is COCc1nc(OC)c2c(C)c(C(=O)N3CCC4CCC(C3)N4)sc2n1.Cl. The summed E-state index contributed by atoms with van der Waals surface area (Å²) in [6.07, 6.45) is 3.40. The zero-order valence-corrected chi connectivity index (χ0v) is 17.4. The highest BCUT2D eigenvalue weighted by Gasteiger charge is 2.33. The molecule has 2 aromatic heterocycles. The Labute approximate surface area is 168 Å². The Kier molecular flexibility index (Phi) is 6.20. The lowest BCUT2D eigenvalue weighted by molar-refractivity contribution is 0.0752. The first-order valence-corrected chi connectivity index (χ1v) is 9.80. The molecular weight excluding hydrogens is 388 g/mol. The van der Waals surface area contributed by atoms with Crippen LogP contribution < -0.4 is 10.1 Å². The standard InChI is InChI=1S/C18H24N4O3S.ClH/c1-10-14-16(25-3)20-13(9-24-2)21-17(14)26-15(10)18(23)22-7-6-11-4-5-12(8-22)19-11;/h11-12,19H,4-9H2,1-3H3;1H. The van der Waals surface area contributed by atoms with Crippen LogP contribution in [-0.4, -0.2) is 60.2 Å². The molecule has 27 heavy (non-hydrogen) atoms. The summed E-state index contributed by atoms with van der Waals surface area (Å²) in [5.74, 6) is 1.16. The number of aryl methyl sites for hydroxylation is 1. The third-order valence-corrected chi connectivity index (χ3v) is 6.45. The van der Waals surface area contributed by atoms with Crippen LogP contribution in [0.25, 0.3) is 10.2 Å². The van der Waals surface area contributed by atoms with Gasteiger partial charge in [-0.25, -0.2) is 4.98 Å². The second-order valence-electron chi connectivity index (χ2n) is 7.00. The Morgan fingerprint density at radius 3 is 2.78 bits per heavy atom. The maximum atomic E-state index is 13.2. The van der Waals surface area contributed by atoms with Crippen molar-refractivity contribution in [2.45, 2.75) is 44.9 Å². The molecule has 2 unspecified atom stereocenters. The van der Waals surface area contributed by atoms with E-state index in [-0.39, 0.29) is 18.3 Å². The van der Waals surface area contributed by atoms with E-state index in [1.807, 2.05) is 11.8 Å². The van der Waals surface area contributed by atoms with Gasteiger partial charge < -0.3 is 19.7 Å². The fourth-order valence-corrected chi connectivity index (χ4v) is 5.12. The molecule has 0 saturated carbocycles. The molecule has 2 atom stereocenters. The number of carbonyl (C=O) groups excluding carboxylic acids is 1. The number of halogens is 1. The van der Waals surface area contributed by atoms with Gasteiger partial charge >= 0.3 is 0 Å². The van der Waals surface area contributed by atoms with Crippen molar-refractivity contribution in [3.05, 3.63) is 16.3 Å². The Bertz CT molecular complexity index is 844. The first-order valence-electron chi connectivity index (χ1n) is 8.99. The Morgan fingerprint density at radius 2 is 2.04 bits per heavy atom. The van der Waals surface area contributed by atoms with Crippen molar-refractivity contribution < 1.29 is 14.3 Å². The molecule has 9 heteroatoms. The highest BCUT2D eigenvalue weighted by molar-refractivity contribution is 7.20. The lowest BCUT2D eigenvalue weighted by Crippen LogP contribution is -2.38. The van der Waals surface area contributed by atoms with Gasteiger partial charge in [-0.2, -0.15) is 4.98 Å². The number of likely N-dealkylation sites (tertiary alicyclic amines) is 1. The van der Waals surface area contributed by atoms with Gasteiger partial charge in [-0.05, 0) is 31.7 Å². The lowest BCUT2D eigenvalue weighted by Gasteiger charge is -2.24. The van der Waals surface area contributed by atoms with E-state index in [1.165, 1.54) is 17.8 Å². The van der Waals surface area contributed by atoms with Crippen LogP contribution in [0.3, 0.4) is 0 Å². The number of methoxy groups -OCH3 is 2. The van der Waals surface area contributed by atoms with E-state index in [9.17, 15) is 4.79 Å². The van der Waals surface area contributed by atoms with Crippen LogP contribution in [0.2, 0.25) is 0 Å². The number of rotatable bonds is 4. The fraction of sp³-hybridized carbons (Fsp3) is 0.611. The van der Waals surface area contributed by atoms with Gasteiger partial charge in [0.1, 0.15) is 11.4 Å². The van der Waals surface area contributed by atoms with Crippen LogP contribution >= 0.6 is 23.7 Å². The van der Waals surface area contributed by atoms with Gasteiger partial charge in [-0.1, -0.05) is 0 Å². The maximum absolute atomic E-state index is 13.2. The lowest BCUT2D eigenvalue weighted by atomic mass is 10.1. The molecule has 0 aliphatic carbocycles. The predicted octanol–water partition coefficient (Wildman–Crippen LogP) is 2.54. The van der Waals surface area contributed by atoms with Crippen molar-refractivity contribution in [2.24, 2.45) is 0 Å². The van der Waals surface area contributed by atoms with Crippen LogP contribution in [0.1, 0.15) is 40.3 Å². The molecular formula is C18H25ClN4O3S. The molecule has 2 aromatic rings. The zero-order chi connectivity index (χ0) is 18.3. The average molecular weight is 413 g/mol. The molecule has 4 rings (SSSR count). The number of nitrogens with zero attached hydrogens (tertiary/aromatic N) is 3. The second kappa shape index (κ2) is 8.26. The summed E-state index contributed by atoms with van der Waals surface area (Å²) in [6.45, 7) is 3.85. The van der Waals surface area contributed by atoms with Gasteiger partial charge in [-0.3, -0.25) is 4.79 Å². The van der Waals surface area contributed by atoms with E-state index in [0.717, 1.165) is 46.6 Å². The van der Waals surface area contributed by atoms with Crippen LogP contribution in [-0.2, 0) is 11.3 Å². The summed E-state index contributed by atoms with van der Waals surface area (Å²) in [7, 11) is 3.20. The van der Waals surface area contributed by atoms with Crippen LogP contribution in [0.15, 0.2) is 0 Å². The van der Waals surface area contributed by atoms with Gasteiger partial charge in [0.05, 0.1) is 17.4 Å². The Hall–Kier alpha value is -1.48. The van der Waals surface area contributed by atoms with Gasteiger partial charge in [0.25, 0.3) is 5.91 Å². The van der Waals surface area contributed by atoms with Gasteiger partial charge in [-0.15, -0.1) is 23.7 Å². The predicted molar refractivity (Wildman–Crippen MR) is 107 cm³/mol. The van der Waals surface area contributed by atoms with Crippen LogP contribution in [0.5, 0.6) is 5.88 Å². The summed E-state index contributed by atoms with van der Waals surface area (Å²) in [5, 5.41) is 4.45. The molecule has 0 aromatic carbocycles. The number of carbonyl (C=O) groups is 1. The van der Waals surface area contributed by atoms with E-state index >= 15 is 0 Å². The molecule has 1 N–H and O–H groups in total. The molecule has 2 bridgehead atoms. The largest absolute Gasteiger partial charge is 0.480 e. The highest BCUT2D eigenvalue weighted by atomic mass is 35.5. The number of amides is 1. The number of ether oxygens (including phenoxy) is 2. The van der Waals surface area contributed by atoms with Crippen molar-refractivity contribution in [3.8, 4) is 5.88 Å². The Balaban J connectivity index is 0.00000210. The zero-order valence-electron chi connectivity index (χ0n) is 15.8. The first-order chi connectivity index (χ1) is 12.6. The minimum atomic E-state index is 0. The van der Waals surface area contributed by atoms with E-state index in [2.05, 4.69) is 15.3 Å². The maximum Gasteiger partial charge on any atom is 0.264 e. The van der Waals surface area contributed by atoms with E-state index in [0.29, 0.717) is 30.4 Å². The number of thiophene rings is 1. The van der Waals surface area contributed by atoms with Crippen molar-refractivity contribution in [1.29, 1.82) is 0 Å². The second-order valence-corrected chi connectivity index (χ2v) is 8.00. The number of hydrogen-bond donors (Lipinski definition) is 1. The fourth-order valence-electron chi connectivity index (χ4n) is 3.96. The Morgan fingerprint density at radius 1 is 1.26 bits per heavy atom. The highest BCUT2D eigenvalue weighted by Crippen LogP contribution is 2.36. The van der Waals surface area contributed by atoms with Gasteiger partial charge in [0.15, 0.2) is 5.82 Å². The molecule has 0 spiro atoms. The third-order valence-electron chi connectivity index (χ3n) is 5.27. The smallest absolute Gasteiger partial charge is 0.264 e. The van der Waals surface area contributed by atoms with Crippen molar-refractivity contribution >= 4 is 39.9 Å². The topological polar surface area (TPSA) is 76.6 Å². The third kappa shape index (κ3) is 3.76. The summed E-state index contributed by atoms with van der Waals surface area (Å²) in [5.41, 5.74) is 0.901. The van der Waals surface area contributed by atoms with Crippen molar-refractivity contribution in [3.63, 3.8) is 0 Å². The van der Waals surface area contributed by atoms with E-state index in [1.54, 1.807) is 14.2 Å². The van der Waals surface area contributed by atoms with Gasteiger partial charge in [0, 0.05) is 32.3 Å². The molecule has 2 aliphatic heterocycles. The molecule has 0 radical (unpaired) electrons. The molecule has 2 saturated heterocycles. The molecule has 7 nitrogen and oxygen atoms in total. The molecule has 4 heterocycles. The van der Waals surface area contributed by atoms with Crippen LogP contribution in [0.4, 0.5) is 0 Å². The first kappa shape index (κ1) is 20.3. The summed E-state index contributed by atoms with van der Waals surface area (Å²) < 4.78 is 10.6. The summed E-state index contributed by atoms with van der Waals surface area (Å²) >= 11 is 1.42. The van der Waals surface area contributed by atoms with Crippen molar-refractivity contribution in [1.82, 2.24) is 20.2 Å². The number of hydrogen-bond acceptors (Lipinski definition) is 7. The van der Waals surface area contributed by atoms with Crippen LogP contribution in [0, 0.1) is 6.92 Å². The number of fused-ring (bicyclic) bond motifs is 3. The number of nitrogens with one attached hydrogen (secondary N) is 1. The normalized spacial score (nSPS) is 21.8. The minimum Gasteiger partial charge on any atom is -0.480 e. The van der Waals surface area contributed by atoms with E-state index < -0.39 is 0 Å². The summed E-state index contributed by atoms with van der Waals surface area (Å²) in [6, 6.07) is 0.979. The molecule has 148 valence electrons. The van der Waals surface area contributed by atoms with Gasteiger partial charge in [0.2, 0.25) is 5.88 Å². The molecule has 2 fully saturated rings. The summed E-state index contributed by atoms with van der Waals surface area (Å²) in [4.78, 5) is 25.7. The quantitative estimate of drug-likeness (QED) is 0.831. The van der Waals surface area contributed by atoms with Crippen molar-refractivity contribution in [2.75, 3.05) is 27.3 Å². The average Bonchev–Trinajstić information content (AvgIpc) is 3.13.